The predicted molar refractivity (Wildman–Crippen MR) is 143 cm³/mol. The van der Waals surface area contributed by atoms with Gasteiger partial charge in [-0.05, 0) is 29.5 Å². The Morgan fingerprint density at radius 1 is 0.639 bits per heavy atom. The van der Waals surface area contributed by atoms with Crippen LogP contribution < -0.4 is 0 Å². The molecule has 0 saturated carbocycles. The molecule has 0 saturated heterocycles. The maximum atomic E-state index is 5.11. The molecule has 4 nitrogen and oxygen atoms in total. The number of pyridine rings is 1. The van der Waals surface area contributed by atoms with Gasteiger partial charge in [0.1, 0.15) is 5.82 Å². The van der Waals surface area contributed by atoms with E-state index in [9.17, 15) is 0 Å². The van der Waals surface area contributed by atoms with Crippen LogP contribution in [0.25, 0.3) is 50.3 Å². The fourth-order valence-corrected chi connectivity index (χ4v) is 4.35. The molecule has 4 aromatic carbocycles. The molecule has 0 fully saturated rings. The summed E-state index contributed by atoms with van der Waals surface area (Å²) in [6.45, 7) is 0. The molecule has 2 aromatic heterocycles. The molecule has 0 atom stereocenters. The van der Waals surface area contributed by atoms with Crippen molar-refractivity contribution in [3.8, 4) is 33.9 Å². The second-order valence-corrected chi connectivity index (χ2v) is 8.31. The number of nitrogens with zero attached hydrogens (tertiary/aromatic N) is 4. The minimum absolute atomic E-state index is 0. The Hall–Kier alpha value is -4.01. The molecule has 0 amide bonds. The van der Waals surface area contributed by atoms with Crippen molar-refractivity contribution in [2.75, 3.05) is 0 Å². The second-order valence-electron chi connectivity index (χ2n) is 8.31. The van der Waals surface area contributed by atoms with Crippen LogP contribution in [0.15, 0.2) is 115 Å². The molecule has 5 heteroatoms. The van der Waals surface area contributed by atoms with Gasteiger partial charge < -0.3 is 9.88 Å². The largest absolute Gasteiger partial charge is 2.00 e. The van der Waals surface area contributed by atoms with Crippen LogP contribution in [0.1, 0.15) is 0 Å². The van der Waals surface area contributed by atoms with E-state index in [4.69, 9.17) is 15.3 Å². The van der Waals surface area contributed by atoms with Crippen LogP contribution in [-0.4, -0.2) is 14.5 Å². The summed E-state index contributed by atoms with van der Waals surface area (Å²) < 4.78 is 2.12. The number of imidazole rings is 1. The molecule has 176 valence electrons. The van der Waals surface area contributed by atoms with E-state index in [1.54, 1.807) is 0 Å². The molecule has 36 heavy (non-hydrogen) atoms. The molecule has 6 rings (SSSR count). The van der Waals surface area contributed by atoms with Crippen LogP contribution >= 0.6 is 0 Å². The summed E-state index contributed by atoms with van der Waals surface area (Å²) in [7, 11) is 2.05. The first-order valence-electron chi connectivity index (χ1n) is 11.5. The van der Waals surface area contributed by atoms with Crippen molar-refractivity contribution < 1.29 is 21.1 Å². The molecule has 0 spiro atoms. The zero-order valence-electron chi connectivity index (χ0n) is 19.6. The van der Waals surface area contributed by atoms with Crippen LogP contribution in [0.4, 0.5) is 11.4 Å². The van der Waals surface area contributed by atoms with Gasteiger partial charge >= 0.3 is 21.1 Å². The van der Waals surface area contributed by atoms with Crippen molar-refractivity contribution in [2.45, 2.75) is 0 Å². The molecular weight excluding hydrogens is 623 g/mol. The molecule has 0 aliphatic carbocycles. The average Bonchev–Trinajstić information content (AvgIpc) is 3.26. The number of aryl methyl sites for hydroxylation is 1. The van der Waals surface area contributed by atoms with Gasteiger partial charge in [0.05, 0.1) is 16.7 Å². The average molecular weight is 646 g/mol. The van der Waals surface area contributed by atoms with Gasteiger partial charge in [-0.3, -0.25) is 4.98 Å². The summed E-state index contributed by atoms with van der Waals surface area (Å²) in [5, 5.41) is 5.11. The fraction of sp³-hybridized carbons (Fsp3) is 0.0323. The van der Waals surface area contributed by atoms with Crippen molar-refractivity contribution in [3.63, 3.8) is 0 Å². The number of benzene rings is 4. The van der Waals surface area contributed by atoms with E-state index in [-0.39, 0.29) is 21.1 Å². The molecule has 0 N–H and O–H groups in total. The summed E-state index contributed by atoms with van der Waals surface area (Å²) in [4.78, 5) is 9.83. The number of hydrogen-bond acceptors (Lipinski definition) is 2. The third-order valence-corrected chi connectivity index (χ3v) is 6.09. The maximum Gasteiger partial charge on any atom is 2.00 e. The fourth-order valence-electron chi connectivity index (χ4n) is 4.35. The number of aromatic nitrogens is 3. The summed E-state index contributed by atoms with van der Waals surface area (Å²) in [5.41, 5.74) is 8.49. The van der Waals surface area contributed by atoms with Gasteiger partial charge in [-0.1, -0.05) is 72.8 Å². The van der Waals surface area contributed by atoms with E-state index in [0.717, 1.165) is 56.3 Å². The van der Waals surface area contributed by atoms with E-state index in [2.05, 4.69) is 28.8 Å². The van der Waals surface area contributed by atoms with Crippen molar-refractivity contribution >= 4 is 22.4 Å². The Labute approximate surface area is 225 Å². The first kappa shape index (κ1) is 23.7. The Kier molecular flexibility index (Phi) is 6.79. The predicted octanol–water partition coefficient (Wildman–Crippen LogP) is 8.10. The Balaban J connectivity index is 0.00000267. The minimum Gasteiger partial charge on any atom is -0.657 e. The maximum absolute atomic E-state index is 5.11. The molecule has 0 bridgehead atoms. The molecular formula is C31H22N4Pt. The summed E-state index contributed by atoms with van der Waals surface area (Å²) in [6.07, 6.45) is 0. The Morgan fingerprint density at radius 2 is 1.31 bits per heavy atom. The van der Waals surface area contributed by atoms with Crippen LogP contribution in [0, 0.1) is 6.07 Å². The topological polar surface area (TPSA) is 44.8 Å². The molecule has 0 radical (unpaired) electrons. The van der Waals surface area contributed by atoms with E-state index in [0.29, 0.717) is 0 Å². The van der Waals surface area contributed by atoms with Crippen LogP contribution in [0.2, 0.25) is 0 Å². The summed E-state index contributed by atoms with van der Waals surface area (Å²) >= 11 is 0. The zero-order chi connectivity index (χ0) is 23.6. The first-order chi connectivity index (χ1) is 17.3. The minimum atomic E-state index is 0. The van der Waals surface area contributed by atoms with E-state index < -0.39 is 0 Å². The van der Waals surface area contributed by atoms with Crippen LogP contribution in [0.5, 0.6) is 0 Å². The van der Waals surface area contributed by atoms with Gasteiger partial charge in [-0.15, -0.1) is 47.3 Å². The quantitative estimate of drug-likeness (QED) is 0.178. The number of fused-ring (bicyclic) bond motifs is 1. The molecule has 0 aliphatic rings. The van der Waals surface area contributed by atoms with Gasteiger partial charge in [-0.25, -0.2) is 4.98 Å². The first-order valence-corrected chi connectivity index (χ1v) is 11.5. The van der Waals surface area contributed by atoms with Gasteiger partial charge in [0, 0.05) is 12.6 Å². The van der Waals surface area contributed by atoms with Gasteiger partial charge in [-0.2, -0.15) is 0 Å². The Morgan fingerprint density at radius 3 is 2.08 bits per heavy atom. The summed E-state index contributed by atoms with van der Waals surface area (Å²) in [6, 6.07) is 41.7. The molecule has 0 unspecified atom stereocenters. The monoisotopic (exact) mass is 645 g/mol. The van der Waals surface area contributed by atoms with E-state index >= 15 is 0 Å². The smallest absolute Gasteiger partial charge is 0.657 e. The third-order valence-electron chi connectivity index (χ3n) is 6.09. The van der Waals surface area contributed by atoms with Crippen molar-refractivity contribution in [3.05, 3.63) is 127 Å². The SMILES string of the molecule is Cn1c(-c2ccccc2[N-]c2ccccc2-c2cccc(-c3[c-]cccc3)n2)nc2ccccc21.[Pt+2]. The van der Waals surface area contributed by atoms with Crippen molar-refractivity contribution in [1.82, 2.24) is 14.5 Å². The number of hydrogen-bond donors (Lipinski definition) is 0. The number of para-hydroxylation sites is 4. The van der Waals surface area contributed by atoms with E-state index in [1.807, 2.05) is 104 Å². The van der Waals surface area contributed by atoms with E-state index in [1.165, 1.54) is 0 Å². The van der Waals surface area contributed by atoms with Crippen LogP contribution in [0.3, 0.4) is 0 Å². The third kappa shape index (κ3) is 4.48. The second kappa shape index (κ2) is 10.3. The zero-order valence-corrected chi connectivity index (χ0v) is 21.8. The standard InChI is InChI=1S/C31H22N4.Pt/c1-35-30-21-10-9-18-29(30)34-31(35)24-15-6-8-17-28(24)33-26-16-7-5-14-23(26)27-20-11-19-25(32-27)22-12-3-2-4-13-22;/h2-12,14-21H,1H3;/q-2;+2. The Bertz CT molecular complexity index is 1640. The molecule has 6 aromatic rings. The van der Waals surface area contributed by atoms with Crippen molar-refractivity contribution in [2.24, 2.45) is 7.05 Å². The van der Waals surface area contributed by atoms with Gasteiger partial charge in [0.25, 0.3) is 0 Å². The van der Waals surface area contributed by atoms with Crippen molar-refractivity contribution in [1.29, 1.82) is 0 Å². The van der Waals surface area contributed by atoms with Crippen LogP contribution in [-0.2, 0) is 28.1 Å². The normalized spacial score (nSPS) is 10.7. The molecule has 2 heterocycles. The summed E-state index contributed by atoms with van der Waals surface area (Å²) in [5.74, 6) is 0.891. The van der Waals surface area contributed by atoms with Gasteiger partial charge in [0.15, 0.2) is 0 Å². The van der Waals surface area contributed by atoms with Gasteiger partial charge in [0.2, 0.25) is 0 Å². The number of rotatable bonds is 5. The molecule has 0 aliphatic heterocycles.